The van der Waals surface area contributed by atoms with Crippen LogP contribution in [-0.2, 0) is 11.4 Å². The second kappa shape index (κ2) is 8.37. The highest BCUT2D eigenvalue weighted by Gasteiger charge is 2.07. The van der Waals surface area contributed by atoms with Crippen molar-refractivity contribution in [2.45, 2.75) is 26.9 Å². The highest BCUT2D eigenvalue weighted by atomic mass is 16.5. The largest absolute Gasteiger partial charge is 0.490 e. The van der Waals surface area contributed by atoms with E-state index < -0.39 is 0 Å². The van der Waals surface area contributed by atoms with Crippen molar-refractivity contribution >= 4 is 5.91 Å². The molecule has 0 aliphatic rings. The normalized spacial score (nSPS) is 10.1. The minimum absolute atomic E-state index is 0.0348. The van der Waals surface area contributed by atoms with Gasteiger partial charge in [0.1, 0.15) is 0 Å². The van der Waals surface area contributed by atoms with E-state index in [9.17, 15) is 4.79 Å². The van der Waals surface area contributed by atoms with Gasteiger partial charge in [0, 0.05) is 6.54 Å². The van der Waals surface area contributed by atoms with Gasteiger partial charge in [0.15, 0.2) is 11.5 Å². The second-order valence-electron chi connectivity index (χ2n) is 3.92. The van der Waals surface area contributed by atoms with Gasteiger partial charge in [-0.05, 0) is 31.5 Å². The van der Waals surface area contributed by atoms with Gasteiger partial charge in [-0.15, -0.1) is 0 Å². The zero-order valence-electron chi connectivity index (χ0n) is 11.4. The lowest BCUT2D eigenvalue weighted by atomic mass is 10.2. The molecule has 1 amide bonds. The summed E-state index contributed by atoms with van der Waals surface area (Å²) in [6.07, 6.45) is 0.307. The zero-order valence-corrected chi connectivity index (χ0v) is 11.4. The molecule has 0 bridgehead atoms. The molecule has 0 heterocycles. The van der Waals surface area contributed by atoms with E-state index in [1.807, 2.05) is 13.8 Å². The van der Waals surface area contributed by atoms with E-state index in [2.05, 4.69) is 5.32 Å². The number of amides is 1. The molecule has 106 valence electrons. The van der Waals surface area contributed by atoms with Crippen molar-refractivity contribution in [1.82, 2.24) is 5.32 Å². The predicted molar refractivity (Wildman–Crippen MR) is 72.3 cm³/mol. The summed E-state index contributed by atoms with van der Waals surface area (Å²) in [5.74, 6) is 1.14. The topological polar surface area (TPSA) is 67.8 Å². The maximum atomic E-state index is 11.3. The van der Waals surface area contributed by atoms with E-state index in [-0.39, 0.29) is 12.5 Å². The fourth-order valence-corrected chi connectivity index (χ4v) is 1.58. The van der Waals surface area contributed by atoms with Crippen LogP contribution in [0.2, 0.25) is 0 Å². The smallest absolute Gasteiger partial charge is 0.223 e. The van der Waals surface area contributed by atoms with Gasteiger partial charge in [-0.25, -0.2) is 0 Å². The summed E-state index contributed by atoms with van der Waals surface area (Å²) in [7, 11) is 0. The van der Waals surface area contributed by atoms with Crippen LogP contribution in [0.25, 0.3) is 0 Å². The van der Waals surface area contributed by atoms with Gasteiger partial charge < -0.3 is 19.9 Å². The van der Waals surface area contributed by atoms with Gasteiger partial charge in [-0.3, -0.25) is 4.79 Å². The van der Waals surface area contributed by atoms with Crippen LogP contribution in [-0.4, -0.2) is 30.8 Å². The van der Waals surface area contributed by atoms with Crippen LogP contribution in [0.5, 0.6) is 11.5 Å². The lowest BCUT2D eigenvalue weighted by Crippen LogP contribution is -2.24. The van der Waals surface area contributed by atoms with Crippen molar-refractivity contribution in [2.24, 2.45) is 0 Å². The maximum Gasteiger partial charge on any atom is 0.223 e. The van der Waals surface area contributed by atoms with E-state index in [1.54, 1.807) is 18.2 Å². The molecule has 1 aromatic carbocycles. The summed E-state index contributed by atoms with van der Waals surface area (Å²) in [6, 6.07) is 5.25. The molecule has 5 heteroatoms. The quantitative estimate of drug-likeness (QED) is 0.748. The molecule has 0 aliphatic carbocycles. The lowest BCUT2D eigenvalue weighted by Gasteiger charge is -2.12. The first-order valence-electron chi connectivity index (χ1n) is 6.47. The Hall–Kier alpha value is -1.75. The summed E-state index contributed by atoms with van der Waals surface area (Å²) < 4.78 is 11.0. The Morgan fingerprint density at radius 2 is 2.05 bits per heavy atom. The van der Waals surface area contributed by atoms with Gasteiger partial charge in [0.2, 0.25) is 5.91 Å². The van der Waals surface area contributed by atoms with Crippen molar-refractivity contribution in [2.75, 3.05) is 19.8 Å². The van der Waals surface area contributed by atoms with Crippen LogP contribution in [0.15, 0.2) is 18.2 Å². The Morgan fingerprint density at radius 3 is 2.68 bits per heavy atom. The van der Waals surface area contributed by atoms with Gasteiger partial charge >= 0.3 is 0 Å². The van der Waals surface area contributed by atoms with Crippen LogP contribution in [0.4, 0.5) is 0 Å². The number of hydrogen-bond acceptors (Lipinski definition) is 4. The molecule has 0 saturated carbocycles. The van der Waals surface area contributed by atoms with E-state index in [4.69, 9.17) is 14.6 Å². The number of ether oxygens (including phenoxy) is 2. The summed E-state index contributed by atoms with van der Waals surface area (Å²) in [4.78, 5) is 11.3. The fourth-order valence-electron chi connectivity index (χ4n) is 1.58. The Bertz CT molecular complexity index is 406. The summed E-state index contributed by atoms with van der Waals surface area (Å²) >= 11 is 0. The summed E-state index contributed by atoms with van der Waals surface area (Å²) in [5.41, 5.74) is 0.763. The second-order valence-corrected chi connectivity index (χ2v) is 3.92. The van der Waals surface area contributed by atoms with Crippen LogP contribution in [0, 0.1) is 0 Å². The standard InChI is InChI=1S/C14H21NO4/c1-3-15-14(17)7-8-19-12-6-5-11(10-16)9-13(12)18-4-2/h5-6,9,16H,3-4,7-8,10H2,1-2H3,(H,15,17). The average Bonchev–Trinajstić information content (AvgIpc) is 2.41. The zero-order chi connectivity index (χ0) is 14.1. The SMILES string of the molecule is CCNC(=O)CCOc1ccc(CO)cc1OCC. The highest BCUT2D eigenvalue weighted by molar-refractivity contribution is 5.75. The minimum Gasteiger partial charge on any atom is -0.490 e. The van der Waals surface area contributed by atoms with Gasteiger partial charge in [-0.2, -0.15) is 0 Å². The molecule has 0 radical (unpaired) electrons. The molecule has 19 heavy (non-hydrogen) atoms. The molecule has 1 rings (SSSR count). The fraction of sp³-hybridized carbons (Fsp3) is 0.500. The number of aliphatic hydroxyl groups excluding tert-OH is 1. The Morgan fingerprint density at radius 1 is 1.26 bits per heavy atom. The summed E-state index contributed by atoms with van der Waals surface area (Å²) in [5, 5.41) is 11.8. The number of rotatable bonds is 8. The van der Waals surface area contributed by atoms with E-state index in [1.165, 1.54) is 0 Å². The van der Waals surface area contributed by atoms with Crippen molar-refractivity contribution in [3.63, 3.8) is 0 Å². The van der Waals surface area contributed by atoms with Crippen molar-refractivity contribution < 1.29 is 19.4 Å². The molecule has 0 saturated heterocycles. The van der Waals surface area contributed by atoms with Crippen LogP contribution in [0.3, 0.4) is 0 Å². The number of nitrogens with one attached hydrogen (secondary N) is 1. The molecule has 0 atom stereocenters. The van der Waals surface area contributed by atoms with Gasteiger partial charge in [0.05, 0.1) is 26.2 Å². The lowest BCUT2D eigenvalue weighted by molar-refractivity contribution is -0.121. The first-order valence-corrected chi connectivity index (χ1v) is 6.47. The molecular weight excluding hydrogens is 246 g/mol. The molecule has 2 N–H and O–H groups in total. The molecule has 0 unspecified atom stereocenters. The number of carbonyl (C=O) groups is 1. The first kappa shape index (κ1) is 15.3. The number of carbonyl (C=O) groups excluding carboxylic acids is 1. The van der Waals surface area contributed by atoms with Crippen molar-refractivity contribution in [3.8, 4) is 11.5 Å². The molecule has 0 aliphatic heterocycles. The van der Waals surface area contributed by atoms with Crippen molar-refractivity contribution in [1.29, 1.82) is 0 Å². The number of hydrogen-bond donors (Lipinski definition) is 2. The molecule has 0 spiro atoms. The van der Waals surface area contributed by atoms with Crippen molar-refractivity contribution in [3.05, 3.63) is 23.8 Å². The first-order chi connectivity index (χ1) is 9.21. The Kier molecular flexibility index (Phi) is 6.74. The summed E-state index contributed by atoms with van der Waals surface area (Å²) in [6.45, 7) is 5.14. The number of benzene rings is 1. The van der Waals surface area contributed by atoms with Crippen LogP contribution < -0.4 is 14.8 Å². The Balaban J connectivity index is 2.58. The van der Waals surface area contributed by atoms with E-state index in [0.717, 1.165) is 5.56 Å². The molecule has 0 aromatic heterocycles. The third-order valence-corrected chi connectivity index (χ3v) is 2.45. The monoisotopic (exact) mass is 267 g/mol. The van der Waals surface area contributed by atoms with Crippen LogP contribution in [0.1, 0.15) is 25.8 Å². The predicted octanol–water partition coefficient (Wildman–Crippen LogP) is 1.48. The molecule has 0 fully saturated rings. The van der Waals surface area contributed by atoms with Gasteiger partial charge in [-0.1, -0.05) is 6.07 Å². The molecular formula is C14H21NO4. The molecule has 5 nitrogen and oxygen atoms in total. The highest BCUT2D eigenvalue weighted by Crippen LogP contribution is 2.28. The minimum atomic E-state index is -0.0424. The number of aliphatic hydroxyl groups is 1. The Labute approximate surface area is 113 Å². The average molecular weight is 267 g/mol. The van der Waals surface area contributed by atoms with Crippen LogP contribution >= 0.6 is 0 Å². The third-order valence-electron chi connectivity index (χ3n) is 2.45. The maximum absolute atomic E-state index is 11.3. The molecule has 1 aromatic rings. The van der Waals surface area contributed by atoms with E-state index >= 15 is 0 Å². The third kappa shape index (κ3) is 5.18. The van der Waals surface area contributed by atoms with E-state index in [0.29, 0.717) is 37.7 Å². The van der Waals surface area contributed by atoms with Gasteiger partial charge in [0.25, 0.3) is 0 Å².